The first-order valence-electron chi connectivity index (χ1n) is 8.10. The van der Waals surface area contributed by atoms with Crippen molar-refractivity contribution in [2.24, 2.45) is 0 Å². The zero-order chi connectivity index (χ0) is 17.9. The lowest BCUT2D eigenvalue weighted by molar-refractivity contribution is 0.0708. The molecule has 6 nitrogen and oxygen atoms in total. The van der Waals surface area contributed by atoms with Gasteiger partial charge in [0, 0.05) is 23.5 Å². The van der Waals surface area contributed by atoms with E-state index >= 15 is 0 Å². The second-order valence-electron chi connectivity index (χ2n) is 5.94. The third kappa shape index (κ3) is 4.38. The van der Waals surface area contributed by atoms with Crippen LogP contribution in [0.25, 0.3) is 0 Å². The summed E-state index contributed by atoms with van der Waals surface area (Å²) in [5.74, 6) is 0.735. The predicted molar refractivity (Wildman–Crippen MR) is 96.7 cm³/mol. The Balaban J connectivity index is 1.65. The van der Waals surface area contributed by atoms with Crippen LogP contribution in [-0.2, 0) is 16.4 Å². The smallest absolute Gasteiger partial charge is 0.254 e. The summed E-state index contributed by atoms with van der Waals surface area (Å²) in [6.07, 6.45) is 0.511. The van der Waals surface area contributed by atoms with E-state index in [0.717, 1.165) is 5.69 Å². The van der Waals surface area contributed by atoms with Gasteiger partial charge in [-0.3, -0.25) is 4.79 Å². The van der Waals surface area contributed by atoms with Gasteiger partial charge < -0.3 is 9.64 Å². The average Bonchev–Trinajstić information content (AvgIpc) is 3.23. The Bertz CT molecular complexity index is 817. The predicted octanol–water partition coefficient (Wildman–Crippen LogP) is 2.37. The Hall–Kier alpha value is -1.93. The van der Waals surface area contributed by atoms with Gasteiger partial charge in [-0.25, -0.2) is 13.4 Å². The van der Waals surface area contributed by atoms with Gasteiger partial charge in [-0.1, -0.05) is 0 Å². The number of benzene rings is 1. The fourth-order valence-corrected chi connectivity index (χ4v) is 5.19. The monoisotopic (exact) mass is 380 g/mol. The van der Waals surface area contributed by atoms with Crippen LogP contribution in [0.15, 0.2) is 35.2 Å². The van der Waals surface area contributed by atoms with Crippen LogP contribution >= 0.6 is 11.3 Å². The fourth-order valence-electron chi connectivity index (χ4n) is 2.91. The maximum Gasteiger partial charge on any atom is 0.254 e. The van der Waals surface area contributed by atoms with E-state index in [4.69, 9.17) is 4.74 Å². The quantitative estimate of drug-likeness (QED) is 0.769. The molecule has 0 spiro atoms. The number of amides is 1. The number of rotatable bonds is 6. The summed E-state index contributed by atoms with van der Waals surface area (Å²) in [5, 5.41) is 1.92. The molecule has 134 valence electrons. The molecule has 1 fully saturated rings. The van der Waals surface area contributed by atoms with Crippen molar-refractivity contribution in [3.05, 3.63) is 46.4 Å². The van der Waals surface area contributed by atoms with Gasteiger partial charge in [0.1, 0.15) is 12.4 Å². The van der Waals surface area contributed by atoms with E-state index < -0.39 is 9.84 Å². The minimum atomic E-state index is -3.02. The number of hydrogen-bond acceptors (Lipinski definition) is 6. The molecular weight excluding hydrogens is 360 g/mol. The van der Waals surface area contributed by atoms with Crippen molar-refractivity contribution in [1.82, 2.24) is 9.88 Å². The number of thiazole rings is 1. The molecule has 2 heterocycles. The minimum Gasteiger partial charge on any atom is -0.487 e. The Morgan fingerprint density at radius 1 is 1.36 bits per heavy atom. The van der Waals surface area contributed by atoms with Crippen LogP contribution in [0.5, 0.6) is 5.75 Å². The highest BCUT2D eigenvalue weighted by Gasteiger charge is 2.34. The van der Waals surface area contributed by atoms with E-state index in [1.165, 1.54) is 11.3 Å². The molecule has 1 aromatic carbocycles. The third-order valence-electron chi connectivity index (χ3n) is 4.22. The Labute approximate surface area is 151 Å². The number of carbonyl (C=O) groups excluding carboxylic acids is 1. The molecule has 0 N–H and O–H groups in total. The molecule has 0 radical (unpaired) electrons. The summed E-state index contributed by atoms with van der Waals surface area (Å²) in [7, 11) is -3.02. The Kier molecular flexibility index (Phi) is 5.39. The standard InChI is InChI=1S/C17H20N2O4S2/c1-2-19(15-7-8-25(21,22)11-15)17(20)13-3-5-16(6-4-13)23-9-14-10-24-12-18-14/h3-6,10,12,15H,2,7-9,11H2,1H3. The van der Waals surface area contributed by atoms with Crippen molar-refractivity contribution in [2.45, 2.75) is 26.0 Å². The van der Waals surface area contributed by atoms with Crippen molar-refractivity contribution < 1.29 is 17.9 Å². The normalized spacial score (nSPS) is 18.8. The molecule has 1 amide bonds. The first kappa shape index (κ1) is 17.9. The van der Waals surface area contributed by atoms with E-state index in [1.54, 1.807) is 34.7 Å². The van der Waals surface area contributed by atoms with Crippen molar-refractivity contribution in [3.8, 4) is 5.75 Å². The van der Waals surface area contributed by atoms with Gasteiger partial charge in [0.05, 0.1) is 22.7 Å². The van der Waals surface area contributed by atoms with E-state index in [0.29, 0.717) is 30.9 Å². The molecule has 1 aromatic heterocycles. The van der Waals surface area contributed by atoms with Gasteiger partial charge in [0.25, 0.3) is 5.91 Å². The lowest BCUT2D eigenvalue weighted by Gasteiger charge is -2.27. The number of ether oxygens (including phenoxy) is 1. The fraction of sp³-hybridized carbons (Fsp3) is 0.412. The van der Waals surface area contributed by atoms with Crippen LogP contribution in [0.4, 0.5) is 0 Å². The Morgan fingerprint density at radius 3 is 2.68 bits per heavy atom. The van der Waals surface area contributed by atoms with Gasteiger partial charge in [-0.2, -0.15) is 0 Å². The summed E-state index contributed by atoms with van der Waals surface area (Å²) in [6, 6.07) is 6.69. The van der Waals surface area contributed by atoms with Gasteiger partial charge in [0.2, 0.25) is 0 Å². The van der Waals surface area contributed by atoms with Gasteiger partial charge in [0.15, 0.2) is 9.84 Å². The van der Waals surface area contributed by atoms with Crippen LogP contribution in [-0.4, -0.2) is 48.3 Å². The van der Waals surface area contributed by atoms with Crippen LogP contribution in [0.2, 0.25) is 0 Å². The number of carbonyl (C=O) groups is 1. The highest BCUT2D eigenvalue weighted by atomic mass is 32.2. The first-order chi connectivity index (χ1) is 12.0. The van der Waals surface area contributed by atoms with Crippen LogP contribution in [0.3, 0.4) is 0 Å². The number of nitrogens with zero attached hydrogens (tertiary/aromatic N) is 2. The molecular formula is C17H20N2O4S2. The maximum atomic E-state index is 12.7. The minimum absolute atomic E-state index is 0.0570. The molecule has 1 saturated heterocycles. The Morgan fingerprint density at radius 2 is 2.12 bits per heavy atom. The molecule has 8 heteroatoms. The molecule has 0 saturated carbocycles. The van der Waals surface area contributed by atoms with E-state index in [9.17, 15) is 13.2 Å². The highest BCUT2D eigenvalue weighted by Crippen LogP contribution is 2.21. The molecule has 3 rings (SSSR count). The molecule has 1 atom stereocenters. The topological polar surface area (TPSA) is 76.6 Å². The molecule has 25 heavy (non-hydrogen) atoms. The van der Waals surface area contributed by atoms with Crippen LogP contribution in [0, 0.1) is 0 Å². The highest BCUT2D eigenvalue weighted by molar-refractivity contribution is 7.91. The van der Waals surface area contributed by atoms with Crippen LogP contribution in [0.1, 0.15) is 29.4 Å². The number of hydrogen-bond donors (Lipinski definition) is 0. The van der Waals surface area contributed by atoms with Gasteiger partial charge in [-0.05, 0) is 37.6 Å². The molecule has 1 aliphatic rings. The van der Waals surface area contributed by atoms with Crippen molar-refractivity contribution in [1.29, 1.82) is 0 Å². The molecule has 1 aliphatic heterocycles. The van der Waals surface area contributed by atoms with E-state index in [1.807, 2.05) is 12.3 Å². The van der Waals surface area contributed by atoms with Gasteiger partial charge in [-0.15, -0.1) is 11.3 Å². The van der Waals surface area contributed by atoms with E-state index in [-0.39, 0.29) is 23.5 Å². The third-order valence-corrected chi connectivity index (χ3v) is 6.61. The molecule has 2 aromatic rings. The second-order valence-corrected chi connectivity index (χ2v) is 8.89. The maximum absolute atomic E-state index is 12.7. The number of aromatic nitrogens is 1. The lowest BCUT2D eigenvalue weighted by atomic mass is 10.1. The number of sulfone groups is 1. The summed E-state index contributed by atoms with van der Waals surface area (Å²) in [6.45, 7) is 2.74. The molecule has 0 aliphatic carbocycles. The summed E-state index contributed by atoms with van der Waals surface area (Å²) >= 11 is 1.51. The SMILES string of the molecule is CCN(C(=O)c1ccc(OCc2cscn2)cc1)C1CCS(=O)(=O)C1. The summed E-state index contributed by atoms with van der Waals surface area (Å²) in [4.78, 5) is 18.5. The van der Waals surface area contributed by atoms with Crippen LogP contribution < -0.4 is 4.74 Å². The molecule has 1 unspecified atom stereocenters. The molecule has 0 bridgehead atoms. The summed E-state index contributed by atoms with van der Waals surface area (Å²) < 4.78 is 29.0. The lowest BCUT2D eigenvalue weighted by Crippen LogP contribution is -2.40. The zero-order valence-corrected chi connectivity index (χ0v) is 15.6. The van der Waals surface area contributed by atoms with Crippen molar-refractivity contribution >= 4 is 27.1 Å². The van der Waals surface area contributed by atoms with Gasteiger partial charge >= 0.3 is 0 Å². The van der Waals surface area contributed by atoms with E-state index in [2.05, 4.69) is 4.98 Å². The van der Waals surface area contributed by atoms with Crippen molar-refractivity contribution in [3.63, 3.8) is 0 Å². The second kappa shape index (κ2) is 7.53. The zero-order valence-electron chi connectivity index (χ0n) is 13.9. The largest absolute Gasteiger partial charge is 0.487 e. The van der Waals surface area contributed by atoms with Crippen molar-refractivity contribution in [2.75, 3.05) is 18.1 Å². The first-order valence-corrected chi connectivity index (χ1v) is 10.9. The average molecular weight is 380 g/mol. The summed E-state index contributed by atoms with van der Waals surface area (Å²) in [5.41, 5.74) is 3.15.